The largest absolute Gasteiger partial charge is 0.465 e. The summed E-state index contributed by atoms with van der Waals surface area (Å²) in [6.45, 7) is 0. The maximum Gasteiger partial charge on any atom is 0.338 e. The molecule has 0 aliphatic carbocycles. The number of hydrogen-bond donors (Lipinski definition) is 1. The molecule has 1 amide bonds. The number of nitro benzene ring substituents is 1. The number of nitrogens with zero attached hydrogens (tertiary/aromatic N) is 1. The molecule has 1 aliphatic heterocycles. The van der Waals surface area contributed by atoms with E-state index in [4.69, 9.17) is 0 Å². The zero-order valence-electron chi connectivity index (χ0n) is 18.9. The van der Waals surface area contributed by atoms with Gasteiger partial charge in [0.15, 0.2) is 9.84 Å². The number of carbonyl (C=O) groups excluding carboxylic acids is 2. The van der Waals surface area contributed by atoms with Crippen LogP contribution in [0.25, 0.3) is 6.08 Å². The summed E-state index contributed by atoms with van der Waals surface area (Å²) < 4.78 is 58.1. The Hall–Kier alpha value is -4.10. The van der Waals surface area contributed by atoms with Gasteiger partial charge in [0.1, 0.15) is 11.6 Å². The quantitative estimate of drug-likeness (QED) is 0.203. The predicted octanol–water partition coefficient (Wildman–Crippen LogP) is 4.72. The first kappa shape index (κ1) is 26.0. The van der Waals surface area contributed by atoms with Crippen LogP contribution in [0.3, 0.4) is 0 Å². The van der Waals surface area contributed by atoms with E-state index in [1.54, 1.807) is 0 Å². The number of nitro groups is 1. The fourth-order valence-electron chi connectivity index (χ4n) is 3.49. The minimum absolute atomic E-state index is 0.0357. The number of hydrogen-bond acceptors (Lipinski definition) is 8. The van der Waals surface area contributed by atoms with Gasteiger partial charge in [-0.1, -0.05) is 17.8 Å². The Labute approximate surface area is 213 Å². The van der Waals surface area contributed by atoms with Crippen LogP contribution in [-0.2, 0) is 25.1 Å². The molecule has 3 aromatic carbocycles. The Bertz CT molecular complexity index is 1580. The zero-order valence-corrected chi connectivity index (χ0v) is 20.5. The van der Waals surface area contributed by atoms with Crippen molar-refractivity contribution in [2.45, 2.75) is 15.5 Å². The highest BCUT2D eigenvalue weighted by Crippen LogP contribution is 2.41. The molecular weight excluding hydrogens is 530 g/mol. The summed E-state index contributed by atoms with van der Waals surface area (Å²) in [4.78, 5) is 35.5. The van der Waals surface area contributed by atoms with Crippen LogP contribution in [0.4, 0.5) is 20.2 Å². The molecular formula is C24H16F2N2O7S2. The number of amides is 1. The molecule has 9 nitrogen and oxygen atoms in total. The van der Waals surface area contributed by atoms with E-state index in [0.717, 1.165) is 43.1 Å². The Balaban J connectivity index is 1.64. The molecule has 1 heterocycles. The van der Waals surface area contributed by atoms with Crippen molar-refractivity contribution in [2.75, 3.05) is 12.4 Å². The van der Waals surface area contributed by atoms with Crippen LogP contribution in [-0.4, -0.2) is 32.3 Å². The standard InChI is InChI=1S/C24H16F2N2O7S2/c1-35-24(30)14-6-5-13(20(9-14)28(31)32)10-22-23(29)27-19-11-15(7-8-21(19)36-22)37(33,34)12-16-17(25)3-2-4-18(16)26/h2-11H,12H2,1H3,(H,27,29)/b22-10+. The molecule has 1 aliphatic rings. The highest BCUT2D eigenvalue weighted by atomic mass is 32.2. The molecule has 0 saturated carbocycles. The minimum Gasteiger partial charge on any atom is -0.465 e. The number of sulfone groups is 1. The van der Waals surface area contributed by atoms with Crippen LogP contribution in [0.5, 0.6) is 0 Å². The number of rotatable bonds is 6. The maximum absolute atomic E-state index is 14.0. The summed E-state index contributed by atoms with van der Waals surface area (Å²) in [6, 6.07) is 10.5. The number of benzene rings is 3. The second kappa shape index (κ2) is 10.1. The third-order valence-electron chi connectivity index (χ3n) is 5.33. The molecule has 190 valence electrons. The van der Waals surface area contributed by atoms with Crippen LogP contribution in [0, 0.1) is 21.7 Å². The van der Waals surface area contributed by atoms with E-state index in [0.29, 0.717) is 4.90 Å². The SMILES string of the molecule is COC(=O)c1ccc(/C=C2/Sc3ccc(S(=O)(=O)Cc4c(F)cccc4F)cc3NC2=O)c([N+](=O)[O-])c1. The fraction of sp³-hybridized carbons (Fsp3) is 0.0833. The average Bonchev–Trinajstić information content (AvgIpc) is 2.86. The van der Waals surface area contributed by atoms with Crippen LogP contribution >= 0.6 is 11.8 Å². The fourth-order valence-corrected chi connectivity index (χ4v) is 5.80. The van der Waals surface area contributed by atoms with Crippen molar-refractivity contribution in [3.8, 4) is 0 Å². The Morgan fingerprint density at radius 1 is 1.14 bits per heavy atom. The van der Waals surface area contributed by atoms with Crippen molar-refractivity contribution in [1.29, 1.82) is 0 Å². The third-order valence-corrected chi connectivity index (χ3v) is 8.07. The number of fused-ring (bicyclic) bond motifs is 1. The van der Waals surface area contributed by atoms with Gasteiger partial charge >= 0.3 is 5.97 Å². The number of nitrogens with one attached hydrogen (secondary N) is 1. The van der Waals surface area contributed by atoms with Crippen LogP contribution in [0.1, 0.15) is 21.5 Å². The molecule has 0 aromatic heterocycles. The van der Waals surface area contributed by atoms with E-state index < -0.39 is 55.3 Å². The lowest BCUT2D eigenvalue weighted by Crippen LogP contribution is -2.18. The maximum atomic E-state index is 14.0. The number of anilines is 1. The van der Waals surface area contributed by atoms with Gasteiger partial charge in [0.25, 0.3) is 11.6 Å². The molecule has 3 aromatic rings. The third kappa shape index (κ3) is 5.37. The first-order chi connectivity index (χ1) is 17.5. The van der Waals surface area contributed by atoms with E-state index in [2.05, 4.69) is 10.1 Å². The second-order valence-corrected chi connectivity index (χ2v) is 10.8. The van der Waals surface area contributed by atoms with Gasteiger partial charge in [-0.2, -0.15) is 0 Å². The van der Waals surface area contributed by atoms with Gasteiger partial charge in [0, 0.05) is 16.5 Å². The molecule has 0 radical (unpaired) electrons. The van der Waals surface area contributed by atoms with Gasteiger partial charge in [-0.15, -0.1) is 0 Å². The van der Waals surface area contributed by atoms with Gasteiger partial charge in [-0.05, 0) is 48.5 Å². The van der Waals surface area contributed by atoms with Crippen molar-refractivity contribution in [3.63, 3.8) is 0 Å². The van der Waals surface area contributed by atoms with E-state index in [9.17, 15) is 36.9 Å². The highest BCUT2D eigenvalue weighted by molar-refractivity contribution is 8.04. The Morgan fingerprint density at radius 3 is 2.49 bits per heavy atom. The molecule has 13 heteroatoms. The first-order valence-corrected chi connectivity index (χ1v) is 12.8. The van der Waals surface area contributed by atoms with Crippen molar-refractivity contribution < 1.29 is 36.4 Å². The predicted molar refractivity (Wildman–Crippen MR) is 131 cm³/mol. The van der Waals surface area contributed by atoms with Gasteiger partial charge in [0.2, 0.25) is 0 Å². The molecule has 0 unspecified atom stereocenters. The molecule has 37 heavy (non-hydrogen) atoms. The van der Waals surface area contributed by atoms with Crippen molar-refractivity contribution in [2.24, 2.45) is 0 Å². The van der Waals surface area contributed by atoms with E-state index >= 15 is 0 Å². The summed E-state index contributed by atoms with van der Waals surface area (Å²) >= 11 is 0.944. The molecule has 1 N–H and O–H groups in total. The Morgan fingerprint density at radius 2 is 1.84 bits per heavy atom. The van der Waals surface area contributed by atoms with Crippen molar-refractivity contribution in [1.82, 2.24) is 0 Å². The summed E-state index contributed by atoms with van der Waals surface area (Å²) in [5.74, 6) is -4.31. The second-order valence-electron chi connectivity index (χ2n) is 7.70. The molecule has 0 atom stereocenters. The lowest BCUT2D eigenvalue weighted by molar-refractivity contribution is -0.385. The van der Waals surface area contributed by atoms with Crippen molar-refractivity contribution >= 4 is 50.9 Å². The zero-order chi connectivity index (χ0) is 26.9. The molecule has 0 bridgehead atoms. The topological polar surface area (TPSA) is 133 Å². The number of esters is 1. The molecule has 0 spiro atoms. The number of methoxy groups -OCH3 is 1. The minimum atomic E-state index is -4.17. The number of carbonyl (C=O) groups is 2. The number of halogens is 2. The van der Waals surface area contributed by atoms with Gasteiger partial charge < -0.3 is 10.1 Å². The normalized spacial score (nSPS) is 14.1. The molecule has 0 fully saturated rings. The number of thioether (sulfide) groups is 1. The summed E-state index contributed by atoms with van der Waals surface area (Å²) in [6.07, 6.45) is 1.27. The summed E-state index contributed by atoms with van der Waals surface area (Å²) in [7, 11) is -3.03. The monoisotopic (exact) mass is 546 g/mol. The van der Waals surface area contributed by atoms with Gasteiger partial charge in [0.05, 0.1) is 44.4 Å². The highest BCUT2D eigenvalue weighted by Gasteiger charge is 2.27. The Kier molecular flexibility index (Phi) is 7.09. The number of ether oxygens (including phenoxy) is 1. The van der Waals surface area contributed by atoms with E-state index in [1.165, 1.54) is 36.4 Å². The van der Waals surface area contributed by atoms with Crippen molar-refractivity contribution in [3.05, 3.63) is 97.9 Å². The van der Waals surface area contributed by atoms with Gasteiger partial charge in [-0.3, -0.25) is 14.9 Å². The van der Waals surface area contributed by atoms with Gasteiger partial charge in [-0.25, -0.2) is 22.0 Å². The molecule has 0 saturated heterocycles. The van der Waals surface area contributed by atoms with Crippen LogP contribution in [0.15, 0.2) is 69.3 Å². The van der Waals surface area contributed by atoms with Crippen LogP contribution < -0.4 is 5.32 Å². The summed E-state index contributed by atoms with van der Waals surface area (Å²) in [5.41, 5.74) is -0.839. The lowest BCUT2D eigenvalue weighted by Gasteiger charge is -2.19. The molecule has 4 rings (SSSR count). The lowest BCUT2D eigenvalue weighted by atomic mass is 10.1. The first-order valence-electron chi connectivity index (χ1n) is 10.4. The smallest absolute Gasteiger partial charge is 0.338 e. The van der Waals surface area contributed by atoms with E-state index in [-0.39, 0.29) is 26.6 Å². The van der Waals surface area contributed by atoms with E-state index in [1.807, 2.05) is 0 Å². The van der Waals surface area contributed by atoms with Crippen LogP contribution in [0.2, 0.25) is 0 Å². The average molecular weight is 547 g/mol. The summed E-state index contributed by atoms with van der Waals surface area (Å²) in [5, 5.41) is 14.1.